The van der Waals surface area contributed by atoms with Gasteiger partial charge in [0.2, 0.25) is 11.8 Å². The molecular formula is C31H39N3O6S. The maximum Gasteiger partial charge on any atom is 0.264 e. The van der Waals surface area contributed by atoms with Gasteiger partial charge >= 0.3 is 0 Å². The largest absolute Gasteiger partial charge is 0.493 e. The zero-order chi connectivity index (χ0) is 29.8. The zero-order valence-corrected chi connectivity index (χ0v) is 24.9. The van der Waals surface area contributed by atoms with Crippen LogP contribution in [0.25, 0.3) is 0 Å². The van der Waals surface area contributed by atoms with Gasteiger partial charge in [0, 0.05) is 19.2 Å². The number of carbonyl (C=O) groups excluding carboxylic acids is 2. The predicted octanol–water partition coefficient (Wildman–Crippen LogP) is 4.28. The molecular weight excluding hydrogens is 542 g/mol. The number of hydrogen-bond acceptors (Lipinski definition) is 6. The van der Waals surface area contributed by atoms with Crippen LogP contribution in [0.1, 0.15) is 32.3 Å². The van der Waals surface area contributed by atoms with E-state index in [0.29, 0.717) is 30.9 Å². The average Bonchev–Trinajstić information content (AvgIpc) is 3.01. The molecule has 0 aliphatic carbocycles. The van der Waals surface area contributed by atoms with Crippen LogP contribution in [0.2, 0.25) is 0 Å². The van der Waals surface area contributed by atoms with Crippen LogP contribution >= 0.6 is 0 Å². The van der Waals surface area contributed by atoms with Gasteiger partial charge in [-0.05, 0) is 49.1 Å². The number of sulfonamides is 1. The highest BCUT2D eigenvalue weighted by Crippen LogP contribution is 2.34. The van der Waals surface area contributed by atoms with Crippen molar-refractivity contribution < 1.29 is 27.5 Å². The minimum absolute atomic E-state index is 0.0335. The summed E-state index contributed by atoms with van der Waals surface area (Å²) in [6.07, 6.45) is 1.63. The third-order valence-electron chi connectivity index (χ3n) is 6.68. The average molecular weight is 582 g/mol. The van der Waals surface area contributed by atoms with Crippen LogP contribution in [0.3, 0.4) is 0 Å². The number of methoxy groups -OCH3 is 2. The van der Waals surface area contributed by atoms with Crippen molar-refractivity contribution >= 4 is 27.5 Å². The van der Waals surface area contributed by atoms with E-state index < -0.39 is 28.5 Å². The Morgan fingerprint density at radius 2 is 1.51 bits per heavy atom. The van der Waals surface area contributed by atoms with Crippen molar-refractivity contribution in [1.82, 2.24) is 10.2 Å². The molecule has 0 unspecified atom stereocenters. The van der Waals surface area contributed by atoms with E-state index in [9.17, 15) is 18.0 Å². The summed E-state index contributed by atoms with van der Waals surface area (Å²) in [6.45, 7) is 4.00. The maximum absolute atomic E-state index is 14.1. The van der Waals surface area contributed by atoms with E-state index >= 15 is 0 Å². The Balaban J connectivity index is 2.04. The highest BCUT2D eigenvalue weighted by molar-refractivity contribution is 7.92. The number of nitrogens with one attached hydrogen (secondary N) is 1. The van der Waals surface area contributed by atoms with Crippen LogP contribution in [0.5, 0.6) is 11.5 Å². The van der Waals surface area contributed by atoms with Crippen LogP contribution in [0.4, 0.5) is 5.69 Å². The van der Waals surface area contributed by atoms with Crippen LogP contribution in [-0.4, -0.2) is 65.0 Å². The monoisotopic (exact) mass is 581 g/mol. The molecule has 3 aromatic carbocycles. The molecule has 2 amide bonds. The molecule has 220 valence electrons. The first-order valence-electron chi connectivity index (χ1n) is 13.7. The normalized spacial score (nSPS) is 11.8. The molecule has 9 nitrogen and oxygen atoms in total. The minimum Gasteiger partial charge on any atom is -0.493 e. The number of amides is 2. The van der Waals surface area contributed by atoms with E-state index in [1.165, 1.54) is 37.3 Å². The van der Waals surface area contributed by atoms with Crippen molar-refractivity contribution in [3.05, 3.63) is 84.4 Å². The summed E-state index contributed by atoms with van der Waals surface area (Å²) in [5, 5.41) is 2.89. The molecule has 0 bridgehead atoms. The molecule has 0 aliphatic heterocycles. The van der Waals surface area contributed by atoms with Crippen LogP contribution < -0.4 is 19.1 Å². The summed E-state index contributed by atoms with van der Waals surface area (Å²) in [5.74, 6) is -0.0205. The van der Waals surface area contributed by atoms with Gasteiger partial charge in [0.25, 0.3) is 10.0 Å². The molecule has 1 atom stereocenters. The van der Waals surface area contributed by atoms with Gasteiger partial charge < -0.3 is 19.7 Å². The summed E-state index contributed by atoms with van der Waals surface area (Å²) >= 11 is 0. The fraction of sp³-hybridized carbons (Fsp3) is 0.355. The predicted molar refractivity (Wildman–Crippen MR) is 160 cm³/mol. The molecule has 0 aromatic heterocycles. The van der Waals surface area contributed by atoms with Gasteiger partial charge in [0.05, 0.1) is 24.8 Å². The van der Waals surface area contributed by atoms with Crippen LogP contribution in [0, 0.1) is 0 Å². The lowest BCUT2D eigenvalue weighted by Crippen LogP contribution is -2.53. The first-order chi connectivity index (χ1) is 19.8. The third kappa shape index (κ3) is 8.00. The van der Waals surface area contributed by atoms with Gasteiger partial charge in [-0.2, -0.15) is 0 Å². The molecule has 0 spiro atoms. The fourth-order valence-corrected chi connectivity index (χ4v) is 5.92. The standard InChI is InChI=1S/C31H39N3O6S/c1-5-20-32-31(36)27(6-2)33(21-19-24-13-9-7-10-14-24)30(35)23-34(41(37,38)26-15-11-8-12-16-26)25-17-18-28(39-3)29(22-25)40-4/h7-18,22,27H,5-6,19-21,23H2,1-4H3,(H,32,36)/t27-/m0/s1. The Hall–Kier alpha value is -4.05. The Bertz CT molecular complexity index is 1380. The van der Waals surface area contributed by atoms with E-state index in [-0.39, 0.29) is 23.0 Å². The quantitative estimate of drug-likeness (QED) is 0.287. The van der Waals surface area contributed by atoms with Crippen LogP contribution in [-0.2, 0) is 26.0 Å². The first-order valence-corrected chi connectivity index (χ1v) is 15.1. The number of benzene rings is 3. The minimum atomic E-state index is -4.17. The second-order valence-corrected chi connectivity index (χ2v) is 11.3. The van der Waals surface area contributed by atoms with Gasteiger partial charge in [0.15, 0.2) is 11.5 Å². The first kappa shape index (κ1) is 31.5. The molecule has 0 heterocycles. The van der Waals surface area contributed by atoms with Gasteiger partial charge in [-0.1, -0.05) is 62.4 Å². The number of hydrogen-bond donors (Lipinski definition) is 1. The topological polar surface area (TPSA) is 105 Å². The lowest BCUT2D eigenvalue weighted by Gasteiger charge is -2.33. The highest BCUT2D eigenvalue weighted by atomic mass is 32.2. The molecule has 0 radical (unpaired) electrons. The Morgan fingerprint density at radius 1 is 0.878 bits per heavy atom. The molecule has 0 saturated carbocycles. The summed E-state index contributed by atoms with van der Waals surface area (Å²) in [4.78, 5) is 28.7. The second kappa shape index (κ2) is 15.1. The molecule has 3 aromatic rings. The summed E-state index contributed by atoms with van der Waals surface area (Å²) < 4.78 is 39.7. The summed E-state index contributed by atoms with van der Waals surface area (Å²) in [6, 6.07) is 21.5. The Morgan fingerprint density at radius 3 is 2.10 bits per heavy atom. The second-order valence-electron chi connectivity index (χ2n) is 9.40. The Kier molecular flexibility index (Phi) is 11.6. The molecule has 3 rings (SSSR count). The van der Waals surface area contributed by atoms with Gasteiger partial charge in [0.1, 0.15) is 12.6 Å². The molecule has 0 saturated heterocycles. The van der Waals surface area contributed by atoms with E-state index in [1.807, 2.05) is 44.2 Å². The van der Waals surface area contributed by atoms with Gasteiger partial charge in [-0.3, -0.25) is 13.9 Å². The number of rotatable bonds is 15. The molecule has 41 heavy (non-hydrogen) atoms. The van der Waals surface area contributed by atoms with E-state index in [4.69, 9.17) is 9.47 Å². The van der Waals surface area contributed by atoms with Crippen molar-refractivity contribution in [3.8, 4) is 11.5 Å². The van der Waals surface area contributed by atoms with Crippen molar-refractivity contribution in [1.29, 1.82) is 0 Å². The molecule has 0 fully saturated rings. The SMILES string of the molecule is CCCNC(=O)[C@H](CC)N(CCc1ccccc1)C(=O)CN(c1ccc(OC)c(OC)c1)S(=O)(=O)c1ccccc1. The Labute approximate surface area is 243 Å². The van der Waals surface area contributed by atoms with Crippen molar-refractivity contribution in [2.24, 2.45) is 0 Å². The van der Waals surface area contributed by atoms with Crippen LogP contribution in [0.15, 0.2) is 83.8 Å². The number of carbonyl (C=O) groups is 2. The third-order valence-corrected chi connectivity index (χ3v) is 8.47. The lowest BCUT2D eigenvalue weighted by molar-refractivity contribution is -0.139. The summed E-state index contributed by atoms with van der Waals surface area (Å²) in [7, 11) is -1.23. The highest BCUT2D eigenvalue weighted by Gasteiger charge is 2.33. The fourth-order valence-electron chi connectivity index (χ4n) is 4.49. The van der Waals surface area contributed by atoms with E-state index in [1.54, 1.807) is 30.3 Å². The van der Waals surface area contributed by atoms with Gasteiger partial charge in [-0.15, -0.1) is 0 Å². The van der Waals surface area contributed by atoms with Crippen molar-refractivity contribution in [2.75, 3.05) is 38.2 Å². The number of nitrogens with zero attached hydrogens (tertiary/aromatic N) is 2. The van der Waals surface area contributed by atoms with Crippen molar-refractivity contribution in [2.45, 2.75) is 44.0 Å². The van der Waals surface area contributed by atoms with Crippen molar-refractivity contribution in [3.63, 3.8) is 0 Å². The lowest BCUT2D eigenvalue weighted by atomic mass is 10.1. The molecule has 0 aliphatic rings. The zero-order valence-electron chi connectivity index (χ0n) is 24.1. The molecule has 1 N–H and O–H groups in total. The maximum atomic E-state index is 14.1. The summed E-state index contributed by atoms with van der Waals surface area (Å²) in [5.41, 5.74) is 1.23. The van der Waals surface area contributed by atoms with E-state index in [0.717, 1.165) is 16.3 Å². The number of ether oxygens (including phenoxy) is 2. The molecule has 10 heteroatoms. The number of anilines is 1. The smallest absolute Gasteiger partial charge is 0.264 e. The van der Waals surface area contributed by atoms with E-state index in [2.05, 4.69) is 5.32 Å². The van der Waals surface area contributed by atoms with Gasteiger partial charge in [-0.25, -0.2) is 8.42 Å².